The monoisotopic (exact) mass is 459 g/mol. The first-order valence-corrected chi connectivity index (χ1v) is 11.8. The third-order valence-electron chi connectivity index (χ3n) is 5.67. The summed E-state index contributed by atoms with van der Waals surface area (Å²) in [5.74, 6) is -0.508. The predicted molar refractivity (Wildman–Crippen MR) is 130 cm³/mol. The molecule has 0 aromatic heterocycles. The summed E-state index contributed by atoms with van der Waals surface area (Å²) < 4.78 is 5.34. The fourth-order valence-corrected chi connectivity index (χ4v) is 4.05. The molecule has 1 fully saturated rings. The number of carbonyl (C=O) groups excluding carboxylic acids is 3. The Balaban J connectivity index is 2.47. The summed E-state index contributed by atoms with van der Waals surface area (Å²) in [6, 6.07) is 4.20. The van der Waals surface area contributed by atoms with Crippen LogP contribution in [0, 0.1) is 13.8 Å². The van der Waals surface area contributed by atoms with Crippen molar-refractivity contribution in [2.45, 2.75) is 111 Å². The Hall–Kier alpha value is -2.57. The van der Waals surface area contributed by atoms with Gasteiger partial charge in [-0.2, -0.15) is 0 Å². The summed E-state index contributed by atoms with van der Waals surface area (Å²) in [7, 11) is 0. The van der Waals surface area contributed by atoms with E-state index in [4.69, 9.17) is 4.74 Å². The van der Waals surface area contributed by atoms with Gasteiger partial charge in [0.25, 0.3) is 0 Å². The van der Waals surface area contributed by atoms with Crippen LogP contribution >= 0.6 is 0 Å². The summed E-state index contributed by atoms with van der Waals surface area (Å²) in [5, 5.41) is 5.73. The lowest BCUT2D eigenvalue weighted by Crippen LogP contribution is -2.58. The minimum Gasteiger partial charge on any atom is -0.444 e. The molecule has 1 aliphatic rings. The summed E-state index contributed by atoms with van der Waals surface area (Å²) >= 11 is 0. The van der Waals surface area contributed by atoms with Crippen LogP contribution in [0.3, 0.4) is 0 Å². The van der Waals surface area contributed by atoms with Gasteiger partial charge in [0.05, 0.1) is 0 Å². The first-order chi connectivity index (χ1) is 15.1. The Morgan fingerprint density at radius 3 is 2.00 bits per heavy atom. The number of nitrogens with zero attached hydrogens (tertiary/aromatic N) is 1. The van der Waals surface area contributed by atoms with Crippen LogP contribution in [0.5, 0.6) is 0 Å². The SMILES string of the molecule is Cc1cccc(C)c1C(C(=O)NC(C)(C)C)N(C(=O)C(C)NC(=O)OC(C)(C)C)C1CCC1. The lowest BCUT2D eigenvalue weighted by atomic mass is 9.86. The minimum atomic E-state index is -0.838. The highest BCUT2D eigenvalue weighted by Gasteiger charge is 2.42. The van der Waals surface area contributed by atoms with E-state index in [-0.39, 0.29) is 17.9 Å². The molecule has 1 aliphatic carbocycles. The molecule has 0 heterocycles. The molecule has 0 saturated heterocycles. The number of carbonyl (C=O) groups is 3. The standard InChI is InChI=1S/C26H41N3O4/c1-16-12-10-13-17(2)20(16)21(22(30)28-25(4,5)6)29(19-14-11-15-19)23(31)18(3)27-24(32)33-26(7,8)9/h10,12-13,18-19,21H,11,14-15H2,1-9H3,(H,27,32)(H,28,30). The molecule has 1 saturated carbocycles. The molecule has 7 heteroatoms. The van der Waals surface area contributed by atoms with Crippen molar-refractivity contribution in [3.8, 4) is 0 Å². The highest BCUT2D eigenvalue weighted by Crippen LogP contribution is 2.36. The third-order valence-corrected chi connectivity index (χ3v) is 5.67. The fourth-order valence-electron chi connectivity index (χ4n) is 4.05. The Morgan fingerprint density at radius 1 is 1.03 bits per heavy atom. The van der Waals surface area contributed by atoms with E-state index in [2.05, 4.69) is 10.6 Å². The number of aryl methyl sites for hydroxylation is 2. The second-order valence-electron chi connectivity index (χ2n) is 11.1. The lowest BCUT2D eigenvalue weighted by Gasteiger charge is -2.44. The molecule has 3 amide bonds. The number of benzene rings is 1. The van der Waals surface area contributed by atoms with Gasteiger partial charge in [-0.15, -0.1) is 0 Å². The number of hydrogen-bond donors (Lipinski definition) is 2. The van der Waals surface area contributed by atoms with Crippen molar-refractivity contribution in [1.82, 2.24) is 15.5 Å². The van der Waals surface area contributed by atoms with Gasteiger partial charge >= 0.3 is 6.09 Å². The molecule has 184 valence electrons. The number of rotatable bonds is 6. The Labute approximate surface area is 198 Å². The molecule has 7 nitrogen and oxygen atoms in total. The smallest absolute Gasteiger partial charge is 0.408 e. The van der Waals surface area contributed by atoms with Crippen LogP contribution in [0.1, 0.15) is 90.5 Å². The van der Waals surface area contributed by atoms with Gasteiger partial charge in [-0.05, 0) is 98.3 Å². The van der Waals surface area contributed by atoms with Crippen molar-refractivity contribution >= 4 is 17.9 Å². The maximum absolute atomic E-state index is 13.8. The van der Waals surface area contributed by atoms with Crippen LogP contribution in [0.2, 0.25) is 0 Å². The van der Waals surface area contributed by atoms with Crippen molar-refractivity contribution in [1.29, 1.82) is 0 Å². The summed E-state index contributed by atoms with van der Waals surface area (Å²) in [5.41, 5.74) is 1.61. The highest BCUT2D eigenvalue weighted by molar-refractivity contribution is 5.93. The summed E-state index contributed by atoms with van der Waals surface area (Å²) in [6.07, 6.45) is 2.01. The zero-order valence-corrected chi connectivity index (χ0v) is 21.7. The van der Waals surface area contributed by atoms with Gasteiger partial charge in [-0.25, -0.2) is 4.79 Å². The van der Waals surface area contributed by atoms with Gasteiger partial charge in [-0.3, -0.25) is 9.59 Å². The predicted octanol–water partition coefficient (Wildman–Crippen LogP) is 4.55. The topological polar surface area (TPSA) is 87.7 Å². The summed E-state index contributed by atoms with van der Waals surface area (Å²) in [4.78, 5) is 41.5. The molecule has 0 radical (unpaired) electrons. The van der Waals surface area contributed by atoms with Crippen molar-refractivity contribution in [2.75, 3.05) is 0 Å². The zero-order chi connectivity index (χ0) is 25.1. The molecule has 0 aliphatic heterocycles. The third kappa shape index (κ3) is 7.21. The number of hydrogen-bond acceptors (Lipinski definition) is 4. The number of nitrogens with one attached hydrogen (secondary N) is 2. The van der Waals surface area contributed by atoms with Gasteiger partial charge in [0.1, 0.15) is 17.7 Å². The van der Waals surface area contributed by atoms with E-state index in [0.717, 1.165) is 36.0 Å². The molecule has 33 heavy (non-hydrogen) atoms. The van der Waals surface area contributed by atoms with Gasteiger partial charge in [-0.1, -0.05) is 18.2 Å². The Morgan fingerprint density at radius 2 is 1.58 bits per heavy atom. The average Bonchev–Trinajstić information content (AvgIpc) is 2.57. The molecule has 2 N–H and O–H groups in total. The first-order valence-electron chi connectivity index (χ1n) is 11.8. The zero-order valence-electron chi connectivity index (χ0n) is 21.7. The normalized spacial score (nSPS) is 16.3. The van der Waals surface area contributed by atoms with Crippen molar-refractivity contribution in [3.05, 3.63) is 34.9 Å². The minimum absolute atomic E-state index is 0.0601. The van der Waals surface area contributed by atoms with E-state index in [1.165, 1.54) is 0 Å². The fraction of sp³-hybridized carbons (Fsp3) is 0.654. The maximum Gasteiger partial charge on any atom is 0.408 e. The molecule has 2 atom stereocenters. The molecule has 2 rings (SSSR count). The van der Waals surface area contributed by atoms with E-state index < -0.39 is 29.3 Å². The van der Waals surface area contributed by atoms with Crippen LogP contribution in [0.15, 0.2) is 18.2 Å². The van der Waals surface area contributed by atoms with Gasteiger partial charge < -0.3 is 20.3 Å². The summed E-state index contributed by atoms with van der Waals surface area (Å²) in [6.45, 7) is 16.7. The van der Waals surface area contributed by atoms with Gasteiger partial charge in [0.2, 0.25) is 11.8 Å². The molecule has 2 unspecified atom stereocenters. The quantitative estimate of drug-likeness (QED) is 0.653. The van der Waals surface area contributed by atoms with Crippen LogP contribution in [0.4, 0.5) is 4.79 Å². The average molecular weight is 460 g/mol. The molecular weight excluding hydrogens is 418 g/mol. The van der Waals surface area contributed by atoms with Gasteiger partial charge in [0, 0.05) is 11.6 Å². The van der Waals surface area contributed by atoms with E-state index in [1.807, 2.05) is 52.8 Å². The van der Waals surface area contributed by atoms with Crippen molar-refractivity contribution < 1.29 is 19.1 Å². The lowest BCUT2D eigenvalue weighted by molar-refractivity contribution is -0.147. The number of ether oxygens (including phenoxy) is 1. The molecule has 0 spiro atoms. The van der Waals surface area contributed by atoms with E-state index in [0.29, 0.717) is 0 Å². The number of amides is 3. The van der Waals surface area contributed by atoms with Crippen LogP contribution in [0.25, 0.3) is 0 Å². The second-order valence-corrected chi connectivity index (χ2v) is 11.1. The Kier molecular flexibility index (Phi) is 8.20. The molecule has 0 bridgehead atoms. The van der Waals surface area contributed by atoms with Crippen LogP contribution in [-0.2, 0) is 14.3 Å². The molecular formula is C26H41N3O4. The van der Waals surface area contributed by atoms with Crippen molar-refractivity contribution in [2.24, 2.45) is 0 Å². The largest absolute Gasteiger partial charge is 0.444 e. The van der Waals surface area contributed by atoms with Crippen LogP contribution < -0.4 is 10.6 Å². The molecule has 1 aromatic carbocycles. The first kappa shape index (κ1) is 26.7. The van der Waals surface area contributed by atoms with E-state index in [1.54, 1.807) is 32.6 Å². The van der Waals surface area contributed by atoms with E-state index in [9.17, 15) is 14.4 Å². The van der Waals surface area contributed by atoms with E-state index >= 15 is 0 Å². The highest BCUT2D eigenvalue weighted by atomic mass is 16.6. The van der Waals surface area contributed by atoms with Gasteiger partial charge in [0.15, 0.2) is 0 Å². The number of alkyl carbamates (subject to hydrolysis) is 1. The molecule has 1 aromatic rings. The van der Waals surface area contributed by atoms with Crippen LogP contribution in [-0.4, -0.2) is 46.0 Å². The van der Waals surface area contributed by atoms with Crippen molar-refractivity contribution in [3.63, 3.8) is 0 Å². The Bertz CT molecular complexity index is 858. The second kappa shape index (κ2) is 10.1. The maximum atomic E-state index is 13.8.